The van der Waals surface area contributed by atoms with Gasteiger partial charge in [0.05, 0.1) is 11.1 Å². The van der Waals surface area contributed by atoms with E-state index in [1.54, 1.807) is 30.3 Å². The van der Waals surface area contributed by atoms with Gasteiger partial charge in [-0.2, -0.15) is 0 Å². The quantitative estimate of drug-likeness (QED) is 0.249. The van der Waals surface area contributed by atoms with E-state index in [4.69, 9.17) is 0 Å². The van der Waals surface area contributed by atoms with Crippen LogP contribution in [0.15, 0.2) is 108 Å². The van der Waals surface area contributed by atoms with Crippen molar-refractivity contribution in [3.8, 4) is 0 Å². The standard InChI is InChI=1S/C28H21FN2O4S/c29-19-13-15-20(16-14-19)30-27(33)25(18-7-2-1-3-8-18)36-22-10-6-9-21(17-22)31-26(32)23-11-4-5-12-24(23)28(34)35/h1-17,25H,(H,30,33)(H,31,32)(H,34,35). The van der Waals surface area contributed by atoms with E-state index in [1.165, 1.54) is 48.2 Å². The van der Waals surface area contributed by atoms with Gasteiger partial charge in [-0.25, -0.2) is 9.18 Å². The van der Waals surface area contributed by atoms with E-state index in [0.717, 1.165) is 5.56 Å². The number of carboxylic acid groups (broad SMARTS) is 1. The Morgan fingerprint density at radius 1 is 0.722 bits per heavy atom. The molecule has 3 N–H and O–H groups in total. The third-order valence-corrected chi connectivity index (χ3v) is 6.45. The topological polar surface area (TPSA) is 95.5 Å². The Labute approximate surface area is 211 Å². The second kappa shape index (κ2) is 11.3. The zero-order valence-corrected chi connectivity index (χ0v) is 19.7. The molecule has 4 aromatic carbocycles. The van der Waals surface area contributed by atoms with Crippen LogP contribution in [0.2, 0.25) is 0 Å². The molecule has 0 spiro atoms. The Kier molecular flexibility index (Phi) is 7.77. The van der Waals surface area contributed by atoms with Crippen LogP contribution < -0.4 is 10.6 Å². The second-order valence-corrected chi connectivity index (χ2v) is 8.92. The Bertz CT molecular complexity index is 1390. The van der Waals surface area contributed by atoms with Gasteiger partial charge in [0, 0.05) is 16.3 Å². The minimum Gasteiger partial charge on any atom is -0.478 e. The van der Waals surface area contributed by atoms with Crippen molar-refractivity contribution in [3.05, 3.63) is 126 Å². The third-order valence-electron chi connectivity index (χ3n) is 5.20. The van der Waals surface area contributed by atoms with Crippen LogP contribution >= 0.6 is 11.8 Å². The lowest BCUT2D eigenvalue weighted by Crippen LogP contribution is -2.19. The number of benzene rings is 4. The summed E-state index contributed by atoms with van der Waals surface area (Å²) in [6.45, 7) is 0. The van der Waals surface area contributed by atoms with Crippen molar-refractivity contribution in [1.29, 1.82) is 0 Å². The molecule has 4 aromatic rings. The number of rotatable bonds is 8. The molecule has 1 atom stereocenters. The number of halogens is 1. The number of carboxylic acids is 1. The highest BCUT2D eigenvalue weighted by molar-refractivity contribution is 8.00. The normalized spacial score (nSPS) is 11.4. The van der Waals surface area contributed by atoms with Gasteiger partial charge in [0.25, 0.3) is 5.91 Å². The zero-order chi connectivity index (χ0) is 25.5. The summed E-state index contributed by atoms with van der Waals surface area (Å²) >= 11 is 1.29. The van der Waals surface area contributed by atoms with E-state index >= 15 is 0 Å². The summed E-state index contributed by atoms with van der Waals surface area (Å²) in [6, 6.07) is 27.7. The van der Waals surface area contributed by atoms with Crippen molar-refractivity contribution < 1.29 is 23.9 Å². The molecule has 0 fully saturated rings. The number of thioether (sulfide) groups is 1. The van der Waals surface area contributed by atoms with Gasteiger partial charge in [-0.1, -0.05) is 48.5 Å². The number of amides is 2. The highest BCUT2D eigenvalue weighted by atomic mass is 32.2. The molecule has 8 heteroatoms. The average molecular weight is 501 g/mol. The Morgan fingerprint density at radius 3 is 2.08 bits per heavy atom. The van der Waals surface area contributed by atoms with Gasteiger partial charge in [-0.05, 0) is 60.2 Å². The molecule has 2 amide bonds. The monoisotopic (exact) mass is 500 g/mol. The fourth-order valence-corrected chi connectivity index (χ4v) is 4.57. The summed E-state index contributed by atoms with van der Waals surface area (Å²) in [5.41, 5.74) is 1.65. The molecule has 0 aliphatic rings. The van der Waals surface area contributed by atoms with E-state index in [1.807, 2.05) is 36.4 Å². The number of anilines is 2. The minimum atomic E-state index is -1.19. The minimum absolute atomic E-state index is 0.0453. The lowest BCUT2D eigenvalue weighted by Gasteiger charge is -2.18. The first-order chi connectivity index (χ1) is 17.4. The molecular formula is C28H21FN2O4S. The molecule has 1 unspecified atom stereocenters. The highest BCUT2D eigenvalue weighted by Crippen LogP contribution is 2.37. The Hall–Kier alpha value is -4.43. The van der Waals surface area contributed by atoms with Crippen molar-refractivity contribution in [2.45, 2.75) is 10.1 Å². The molecule has 0 aliphatic carbocycles. The molecule has 4 rings (SSSR count). The maximum absolute atomic E-state index is 13.3. The molecule has 0 bridgehead atoms. The smallest absolute Gasteiger partial charge is 0.336 e. The maximum atomic E-state index is 13.3. The number of carbonyl (C=O) groups excluding carboxylic acids is 2. The average Bonchev–Trinajstić information content (AvgIpc) is 2.89. The second-order valence-electron chi connectivity index (χ2n) is 7.74. The molecule has 0 aromatic heterocycles. The lowest BCUT2D eigenvalue weighted by atomic mass is 10.1. The van der Waals surface area contributed by atoms with Crippen LogP contribution in [0.4, 0.5) is 15.8 Å². The van der Waals surface area contributed by atoms with Gasteiger partial charge >= 0.3 is 5.97 Å². The van der Waals surface area contributed by atoms with Crippen LogP contribution in [-0.2, 0) is 4.79 Å². The number of carbonyl (C=O) groups is 3. The van der Waals surface area contributed by atoms with Crippen LogP contribution in [-0.4, -0.2) is 22.9 Å². The molecular weight excluding hydrogens is 479 g/mol. The SMILES string of the molecule is O=C(O)c1ccccc1C(=O)Nc1cccc(SC(C(=O)Nc2ccc(F)cc2)c2ccccc2)c1. The van der Waals surface area contributed by atoms with Crippen LogP contribution in [0.5, 0.6) is 0 Å². The molecule has 0 saturated carbocycles. The van der Waals surface area contributed by atoms with E-state index in [0.29, 0.717) is 16.3 Å². The Balaban J connectivity index is 1.55. The van der Waals surface area contributed by atoms with Gasteiger partial charge in [0.2, 0.25) is 5.91 Å². The van der Waals surface area contributed by atoms with Crippen molar-refractivity contribution >= 4 is 40.9 Å². The fraction of sp³-hybridized carbons (Fsp3) is 0.0357. The van der Waals surface area contributed by atoms with Crippen LogP contribution in [0.1, 0.15) is 31.5 Å². The van der Waals surface area contributed by atoms with Crippen molar-refractivity contribution in [1.82, 2.24) is 0 Å². The van der Waals surface area contributed by atoms with Gasteiger partial charge in [-0.15, -0.1) is 11.8 Å². The predicted molar refractivity (Wildman–Crippen MR) is 138 cm³/mol. The molecule has 0 aliphatic heterocycles. The third kappa shape index (κ3) is 6.17. The van der Waals surface area contributed by atoms with E-state index in [9.17, 15) is 23.9 Å². The summed E-state index contributed by atoms with van der Waals surface area (Å²) in [5, 5.41) is 14.3. The van der Waals surface area contributed by atoms with Crippen molar-refractivity contribution in [2.75, 3.05) is 10.6 Å². The van der Waals surface area contributed by atoms with Crippen LogP contribution in [0.3, 0.4) is 0 Å². The number of nitrogens with one attached hydrogen (secondary N) is 2. The van der Waals surface area contributed by atoms with Gasteiger partial charge in [0.1, 0.15) is 11.1 Å². The van der Waals surface area contributed by atoms with Gasteiger partial charge in [0.15, 0.2) is 0 Å². The van der Waals surface area contributed by atoms with Crippen molar-refractivity contribution in [2.24, 2.45) is 0 Å². The molecule has 36 heavy (non-hydrogen) atoms. The van der Waals surface area contributed by atoms with E-state index in [-0.39, 0.29) is 17.0 Å². The van der Waals surface area contributed by atoms with Crippen LogP contribution in [0.25, 0.3) is 0 Å². The first-order valence-corrected chi connectivity index (χ1v) is 11.8. The molecule has 0 saturated heterocycles. The Morgan fingerprint density at radius 2 is 1.39 bits per heavy atom. The lowest BCUT2D eigenvalue weighted by molar-refractivity contribution is -0.115. The first kappa shape index (κ1) is 24.7. The number of hydrogen-bond acceptors (Lipinski definition) is 4. The van der Waals surface area contributed by atoms with Gasteiger partial charge in [-0.3, -0.25) is 9.59 Å². The molecule has 180 valence electrons. The summed E-state index contributed by atoms with van der Waals surface area (Å²) in [4.78, 5) is 38.1. The predicted octanol–water partition coefficient (Wildman–Crippen LogP) is 6.25. The number of aromatic carboxylic acids is 1. The summed E-state index contributed by atoms with van der Waals surface area (Å²) in [5.74, 6) is -2.43. The van der Waals surface area contributed by atoms with Gasteiger partial charge < -0.3 is 15.7 Å². The van der Waals surface area contributed by atoms with E-state index in [2.05, 4.69) is 10.6 Å². The van der Waals surface area contributed by atoms with Crippen LogP contribution in [0, 0.1) is 5.82 Å². The molecule has 0 radical (unpaired) electrons. The largest absolute Gasteiger partial charge is 0.478 e. The van der Waals surface area contributed by atoms with Crippen molar-refractivity contribution in [3.63, 3.8) is 0 Å². The first-order valence-electron chi connectivity index (χ1n) is 10.9. The summed E-state index contributed by atoms with van der Waals surface area (Å²) < 4.78 is 13.3. The number of hydrogen-bond donors (Lipinski definition) is 3. The zero-order valence-electron chi connectivity index (χ0n) is 18.9. The molecule has 6 nitrogen and oxygen atoms in total. The fourth-order valence-electron chi connectivity index (χ4n) is 3.49. The van der Waals surface area contributed by atoms with E-state index < -0.39 is 22.9 Å². The highest BCUT2D eigenvalue weighted by Gasteiger charge is 2.23. The maximum Gasteiger partial charge on any atom is 0.336 e. The molecule has 0 heterocycles. The summed E-state index contributed by atoms with van der Waals surface area (Å²) in [7, 11) is 0. The summed E-state index contributed by atoms with van der Waals surface area (Å²) in [6.07, 6.45) is 0.